The van der Waals surface area contributed by atoms with Crippen molar-refractivity contribution in [2.45, 2.75) is 38.1 Å². The van der Waals surface area contributed by atoms with E-state index in [4.69, 9.17) is 4.74 Å². The number of ether oxygens (including phenoxy) is 1. The second-order valence-corrected chi connectivity index (χ2v) is 5.75. The molecule has 4 nitrogen and oxygen atoms in total. The summed E-state index contributed by atoms with van der Waals surface area (Å²) in [5, 5.41) is 22.4. The topological polar surface area (TPSA) is 61.7 Å². The molecule has 0 saturated heterocycles. The molecule has 3 N–H and O–H groups in total. The standard InChI is InChI=1S/C16H24FNO3/c17-16-4-2-1-3-13(16)10-21-11-15(20)9-18-8-12-5-6-14(19)7-12/h1-4,12,14-15,18-20H,5-11H2. The van der Waals surface area contributed by atoms with Gasteiger partial charge < -0.3 is 20.3 Å². The minimum absolute atomic E-state index is 0.161. The van der Waals surface area contributed by atoms with E-state index in [0.29, 0.717) is 18.0 Å². The van der Waals surface area contributed by atoms with Crippen molar-refractivity contribution >= 4 is 0 Å². The van der Waals surface area contributed by atoms with Gasteiger partial charge in [0.25, 0.3) is 0 Å². The first-order valence-electron chi connectivity index (χ1n) is 7.53. The van der Waals surface area contributed by atoms with Crippen LogP contribution in [0, 0.1) is 11.7 Å². The van der Waals surface area contributed by atoms with Crippen LogP contribution in [0.1, 0.15) is 24.8 Å². The van der Waals surface area contributed by atoms with Crippen LogP contribution >= 0.6 is 0 Å². The normalized spacial score (nSPS) is 23.4. The predicted octanol–water partition coefficient (Wildman–Crippen LogP) is 1.45. The van der Waals surface area contributed by atoms with Gasteiger partial charge in [-0.25, -0.2) is 4.39 Å². The number of aliphatic hydroxyl groups excluding tert-OH is 2. The van der Waals surface area contributed by atoms with Crippen molar-refractivity contribution in [1.82, 2.24) is 5.32 Å². The number of hydrogen-bond donors (Lipinski definition) is 3. The Labute approximate surface area is 124 Å². The second kappa shape index (κ2) is 8.44. The van der Waals surface area contributed by atoms with Gasteiger partial charge in [0.2, 0.25) is 0 Å². The zero-order chi connectivity index (χ0) is 15.1. The van der Waals surface area contributed by atoms with Crippen molar-refractivity contribution in [1.29, 1.82) is 0 Å². The Hall–Kier alpha value is -1.01. The van der Waals surface area contributed by atoms with E-state index in [-0.39, 0.29) is 25.1 Å². The molecule has 1 aromatic rings. The smallest absolute Gasteiger partial charge is 0.128 e. The van der Waals surface area contributed by atoms with Gasteiger partial charge >= 0.3 is 0 Å². The molecule has 118 valence electrons. The molecule has 0 spiro atoms. The average molecular weight is 297 g/mol. The Morgan fingerprint density at radius 3 is 2.86 bits per heavy atom. The molecule has 1 aromatic carbocycles. The zero-order valence-corrected chi connectivity index (χ0v) is 12.2. The lowest BCUT2D eigenvalue weighted by atomic mass is 10.1. The van der Waals surface area contributed by atoms with Crippen molar-refractivity contribution in [3.05, 3.63) is 35.6 Å². The summed E-state index contributed by atoms with van der Waals surface area (Å²) in [7, 11) is 0. The highest BCUT2D eigenvalue weighted by molar-refractivity contribution is 5.16. The fourth-order valence-corrected chi connectivity index (χ4v) is 2.67. The lowest BCUT2D eigenvalue weighted by Gasteiger charge is -2.15. The van der Waals surface area contributed by atoms with E-state index in [1.807, 2.05) is 0 Å². The summed E-state index contributed by atoms with van der Waals surface area (Å²) < 4.78 is 18.7. The van der Waals surface area contributed by atoms with Gasteiger partial charge in [-0.3, -0.25) is 0 Å². The molecule has 0 aliphatic heterocycles. The third-order valence-corrected chi connectivity index (χ3v) is 3.85. The summed E-state index contributed by atoms with van der Waals surface area (Å²) in [5.74, 6) is 0.205. The molecule has 1 fully saturated rings. The van der Waals surface area contributed by atoms with E-state index in [1.54, 1.807) is 18.2 Å². The van der Waals surface area contributed by atoms with Crippen LogP contribution in [0.15, 0.2) is 24.3 Å². The summed E-state index contributed by atoms with van der Waals surface area (Å²) in [4.78, 5) is 0. The van der Waals surface area contributed by atoms with Gasteiger partial charge in [0.1, 0.15) is 5.82 Å². The van der Waals surface area contributed by atoms with E-state index < -0.39 is 6.10 Å². The van der Waals surface area contributed by atoms with Gasteiger partial charge in [-0.05, 0) is 37.8 Å². The molecule has 2 rings (SSSR count). The maximum atomic E-state index is 13.3. The zero-order valence-electron chi connectivity index (χ0n) is 12.2. The third-order valence-electron chi connectivity index (χ3n) is 3.85. The van der Waals surface area contributed by atoms with E-state index in [1.165, 1.54) is 6.07 Å². The van der Waals surface area contributed by atoms with E-state index in [0.717, 1.165) is 25.8 Å². The number of halogens is 1. The highest BCUT2D eigenvalue weighted by Gasteiger charge is 2.22. The second-order valence-electron chi connectivity index (χ2n) is 5.75. The lowest BCUT2D eigenvalue weighted by Crippen LogP contribution is -2.33. The minimum Gasteiger partial charge on any atom is -0.393 e. The molecule has 0 radical (unpaired) electrons. The first-order valence-corrected chi connectivity index (χ1v) is 7.53. The molecular formula is C16H24FNO3. The van der Waals surface area contributed by atoms with Gasteiger partial charge in [0, 0.05) is 12.1 Å². The Morgan fingerprint density at radius 2 is 2.14 bits per heavy atom. The Morgan fingerprint density at radius 1 is 1.33 bits per heavy atom. The quantitative estimate of drug-likeness (QED) is 0.680. The molecule has 0 bridgehead atoms. The lowest BCUT2D eigenvalue weighted by molar-refractivity contribution is 0.0275. The van der Waals surface area contributed by atoms with Crippen molar-refractivity contribution in [2.24, 2.45) is 5.92 Å². The molecule has 1 aliphatic carbocycles. The Kier molecular flexibility index (Phi) is 6.57. The molecule has 0 heterocycles. The third kappa shape index (κ3) is 5.71. The van der Waals surface area contributed by atoms with Gasteiger partial charge in [0.05, 0.1) is 25.4 Å². The molecular weight excluding hydrogens is 273 g/mol. The van der Waals surface area contributed by atoms with Crippen LogP contribution in [0.4, 0.5) is 4.39 Å². The fraction of sp³-hybridized carbons (Fsp3) is 0.625. The van der Waals surface area contributed by atoms with Crippen LogP contribution < -0.4 is 5.32 Å². The molecule has 0 amide bonds. The summed E-state index contributed by atoms with van der Waals surface area (Å²) in [6.07, 6.45) is 1.98. The number of rotatable bonds is 8. The van der Waals surface area contributed by atoms with Crippen molar-refractivity contribution < 1.29 is 19.3 Å². The van der Waals surface area contributed by atoms with Crippen LogP contribution in [0.3, 0.4) is 0 Å². The Balaban J connectivity index is 1.55. The fourth-order valence-electron chi connectivity index (χ4n) is 2.67. The highest BCUT2D eigenvalue weighted by atomic mass is 19.1. The molecule has 1 saturated carbocycles. The number of hydrogen-bond acceptors (Lipinski definition) is 4. The maximum Gasteiger partial charge on any atom is 0.128 e. The van der Waals surface area contributed by atoms with Crippen molar-refractivity contribution in [3.8, 4) is 0 Å². The molecule has 21 heavy (non-hydrogen) atoms. The van der Waals surface area contributed by atoms with Gasteiger partial charge in [-0.2, -0.15) is 0 Å². The largest absolute Gasteiger partial charge is 0.393 e. The van der Waals surface area contributed by atoms with Gasteiger partial charge in [0.15, 0.2) is 0 Å². The predicted molar refractivity (Wildman–Crippen MR) is 78.3 cm³/mol. The van der Waals surface area contributed by atoms with Crippen LogP contribution in [0.5, 0.6) is 0 Å². The molecule has 5 heteroatoms. The van der Waals surface area contributed by atoms with E-state index >= 15 is 0 Å². The average Bonchev–Trinajstić information content (AvgIpc) is 2.87. The first-order chi connectivity index (χ1) is 10.1. The summed E-state index contributed by atoms with van der Waals surface area (Å²) >= 11 is 0. The first kappa shape index (κ1) is 16.4. The number of aliphatic hydroxyl groups is 2. The molecule has 0 aromatic heterocycles. The van der Waals surface area contributed by atoms with Crippen molar-refractivity contribution in [3.63, 3.8) is 0 Å². The molecule has 3 atom stereocenters. The highest BCUT2D eigenvalue weighted by Crippen LogP contribution is 2.24. The number of benzene rings is 1. The van der Waals surface area contributed by atoms with Crippen LogP contribution in [0.2, 0.25) is 0 Å². The number of nitrogens with one attached hydrogen (secondary N) is 1. The van der Waals surface area contributed by atoms with Gasteiger partial charge in [-0.15, -0.1) is 0 Å². The molecule has 3 unspecified atom stereocenters. The van der Waals surface area contributed by atoms with Crippen LogP contribution in [-0.2, 0) is 11.3 Å². The minimum atomic E-state index is -0.608. The van der Waals surface area contributed by atoms with E-state index in [9.17, 15) is 14.6 Å². The monoisotopic (exact) mass is 297 g/mol. The molecule has 1 aliphatic rings. The van der Waals surface area contributed by atoms with Gasteiger partial charge in [-0.1, -0.05) is 18.2 Å². The Bertz CT molecular complexity index is 430. The summed E-state index contributed by atoms with van der Waals surface area (Å²) in [6.45, 7) is 1.60. The van der Waals surface area contributed by atoms with Crippen molar-refractivity contribution in [2.75, 3.05) is 19.7 Å². The van der Waals surface area contributed by atoms with Crippen LogP contribution in [0.25, 0.3) is 0 Å². The summed E-state index contributed by atoms with van der Waals surface area (Å²) in [5.41, 5.74) is 0.498. The summed E-state index contributed by atoms with van der Waals surface area (Å²) in [6, 6.07) is 6.46. The maximum absolute atomic E-state index is 13.3. The van der Waals surface area contributed by atoms with E-state index in [2.05, 4.69) is 5.32 Å². The SMILES string of the molecule is OC(CNCC1CCC(O)C1)COCc1ccccc1F. The van der Waals surface area contributed by atoms with Crippen LogP contribution in [-0.4, -0.2) is 42.1 Å².